The Kier molecular flexibility index (Phi) is 3.43. The zero-order valence-electron chi connectivity index (χ0n) is 13.7. The standard InChI is InChI=1S/C18H23N3O2/c1-21-9-7-18(8-10-21)16-13(11-15(20-18)17(22)23-2)12-5-3-4-6-14(12)19-16/h3-6,15,19-20H,7-11H2,1-2H3/t15-/m0/s1. The molecule has 1 atom stereocenters. The van der Waals surface area contributed by atoms with Crippen LogP contribution in [0, 0.1) is 0 Å². The molecule has 2 N–H and O–H groups in total. The van der Waals surface area contributed by atoms with Gasteiger partial charge >= 0.3 is 5.97 Å². The summed E-state index contributed by atoms with van der Waals surface area (Å²) in [6, 6.07) is 8.11. The monoisotopic (exact) mass is 313 g/mol. The number of rotatable bonds is 1. The van der Waals surface area contributed by atoms with E-state index in [2.05, 4.69) is 46.5 Å². The summed E-state index contributed by atoms with van der Waals surface area (Å²) in [5.41, 5.74) is 3.55. The van der Waals surface area contributed by atoms with Gasteiger partial charge in [-0.3, -0.25) is 10.1 Å². The van der Waals surface area contributed by atoms with Crippen LogP contribution in [0.3, 0.4) is 0 Å². The first-order valence-electron chi connectivity index (χ1n) is 8.27. The number of esters is 1. The van der Waals surface area contributed by atoms with E-state index in [0.717, 1.165) is 31.4 Å². The SMILES string of the molecule is COC(=O)[C@@H]1Cc2c([nH]c3ccccc23)C2(CCN(C)CC2)N1. The van der Waals surface area contributed by atoms with E-state index < -0.39 is 0 Å². The van der Waals surface area contributed by atoms with E-state index in [4.69, 9.17) is 4.74 Å². The van der Waals surface area contributed by atoms with Crippen LogP contribution in [0.15, 0.2) is 24.3 Å². The van der Waals surface area contributed by atoms with Gasteiger partial charge in [-0.1, -0.05) is 18.2 Å². The number of methoxy groups -OCH3 is 1. The van der Waals surface area contributed by atoms with Gasteiger partial charge in [0.2, 0.25) is 0 Å². The van der Waals surface area contributed by atoms with Crippen molar-refractivity contribution in [2.45, 2.75) is 30.8 Å². The summed E-state index contributed by atoms with van der Waals surface area (Å²) in [6.07, 6.45) is 2.68. The summed E-state index contributed by atoms with van der Waals surface area (Å²) in [6.45, 7) is 2.05. The van der Waals surface area contributed by atoms with Crippen molar-refractivity contribution in [2.24, 2.45) is 0 Å². The Bertz CT molecular complexity index is 744. The number of H-pyrrole nitrogens is 1. The Morgan fingerprint density at radius 1 is 1.30 bits per heavy atom. The van der Waals surface area contributed by atoms with Crippen molar-refractivity contribution in [1.29, 1.82) is 0 Å². The number of carbonyl (C=O) groups is 1. The lowest BCUT2D eigenvalue weighted by atomic mass is 9.77. The fraction of sp³-hybridized carbons (Fsp3) is 0.500. The van der Waals surface area contributed by atoms with E-state index in [1.807, 2.05) is 0 Å². The Hall–Kier alpha value is -1.85. The Morgan fingerprint density at radius 2 is 2.04 bits per heavy atom. The summed E-state index contributed by atoms with van der Waals surface area (Å²) in [5, 5.41) is 4.86. The lowest BCUT2D eigenvalue weighted by Crippen LogP contribution is -2.59. The van der Waals surface area contributed by atoms with Crippen LogP contribution in [-0.4, -0.2) is 49.1 Å². The molecule has 1 fully saturated rings. The number of nitrogens with one attached hydrogen (secondary N) is 2. The fourth-order valence-electron chi connectivity index (χ4n) is 4.16. The number of ether oxygens (including phenoxy) is 1. The minimum atomic E-state index is -0.268. The third-order valence-corrected chi connectivity index (χ3v) is 5.48. The average molecular weight is 313 g/mol. The minimum Gasteiger partial charge on any atom is -0.468 e. The second kappa shape index (κ2) is 5.35. The van der Waals surface area contributed by atoms with E-state index in [1.54, 1.807) is 0 Å². The summed E-state index contributed by atoms with van der Waals surface area (Å²) < 4.78 is 5.03. The summed E-state index contributed by atoms with van der Waals surface area (Å²) >= 11 is 0. The summed E-state index contributed by atoms with van der Waals surface area (Å²) in [5.74, 6) is -0.167. The molecule has 4 rings (SSSR count). The lowest BCUT2D eigenvalue weighted by Gasteiger charge is -2.46. The highest BCUT2D eigenvalue weighted by atomic mass is 16.5. The molecule has 0 aliphatic carbocycles. The number of aromatic nitrogens is 1. The van der Waals surface area contributed by atoms with Crippen molar-refractivity contribution >= 4 is 16.9 Å². The third kappa shape index (κ3) is 2.26. The fourth-order valence-corrected chi connectivity index (χ4v) is 4.16. The molecule has 1 aromatic carbocycles. The molecule has 2 aromatic rings. The van der Waals surface area contributed by atoms with Gasteiger partial charge < -0.3 is 14.6 Å². The number of fused-ring (bicyclic) bond motifs is 4. The highest BCUT2D eigenvalue weighted by molar-refractivity contribution is 5.87. The second-order valence-electron chi connectivity index (χ2n) is 6.83. The number of hydrogen-bond donors (Lipinski definition) is 2. The molecular formula is C18H23N3O2. The zero-order valence-corrected chi connectivity index (χ0v) is 13.7. The molecule has 1 spiro atoms. The summed E-state index contributed by atoms with van der Waals surface area (Å²) in [7, 11) is 3.62. The van der Waals surface area contributed by atoms with Crippen LogP contribution >= 0.6 is 0 Å². The predicted octanol–water partition coefficient (Wildman–Crippen LogP) is 1.78. The van der Waals surface area contributed by atoms with Gasteiger partial charge in [0.1, 0.15) is 6.04 Å². The molecule has 0 radical (unpaired) electrons. The van der Waals surface area contributed by atoms with Crippen molar-refractivity contribution in [3.05, 3.63) is 35.5 Å². The number of likely N-dealkylation sites (tertiary alicyclic amines) is 1. The average Bonchev–Trinajstić information content (AvgIpc) is 2.96. The third-order valence-electron chi connectivity index (χ3n) is 5.48. The molecule has 0 bridgehead atoms. The molecule has 2 aliphatic heterocycles. The van der Waals surface area contributed by atoms with Gasteiger partial charge in [0, 0.05) is 23.0 Å². The van der Waals surface area contributed by atoms with E-state index in [-0.39, 0.29) is 17.6 Å². The molecule has 0 amide bonds. The van der Waals surface area contributed by atoms with Crippen LogP contribution in [-0.2, 0) is 21.5 Å². The number of aromatic amines is 1. The molecule has 3 heterocycles. The Labute approximate surface area is 136 Å². The maximum absolute atomic E-state index is 12.2. The highest BCUT2D eigenvalue weighted by Gasteiger charge is 2.45. The molecule has 0 saturated carbocycles. The first-order valence-corrected chi connectivity index (χ1v) is 8.27. The number of piperidine rings is 1. The van der Waals surface area contributed by atoms with Crippen LogP contribution in [0.2, 0.25) is 0 Å². The minimum absolute atomic E-state index is 0.155. The largest absolute Gasteiger partial charge is 0.468 e. The van der Waals surface area contributed by atoms with Crippen molar-refractivity contribution < 1.29 is 9.53 Å². The van der Waals surface area contributed by atoms with Crippen LogP contribution < -0.4 is 5.32 Å². The number of para-hydroxylation sites is 1. The molecule has 23 heavy (non-hydrogen) atoms. The first kappa shape index (κ1) is 14.7. The van der Waals surface area contributed by atoms with E-state index >= 15 is 0 Å². The molecule has 5 nitrogen and oxygen atoms in total. The van der Waals surface area contributed by atoms with Gasteiger partial charge in [-0.15, -0.1) is 0 Å². The molecular weight excluding hydrogens is 290 g/mol. The first-order chi connectivity index (χ1) is 11.1. The van der Waals surface area contributed by atoms with Crippen LogP contribution in [0.25, 0.3) is 10.9 Å². The normalized spacial score (nSPS) is 23.8. The van der Waals surface area contributed by atoms with Gasteiger partial charge in [0.25, 0.3) is 0 Å². The van der Waals surface area contributed by atoms with Crippen molar-refractivity contribution in [2.75, 3.05) is 27.2 Å². The summed E-state index contributed by atoms with van der Waals surface area (Å²) in [4.78, 5) is 18.2. The zero-order chi connectivity index (χ0) is 16.0. The molecule has 1 saturated heterocycles. The number of nitrogens with zero attached hydrogens (tertiary/aromatic N) is 1. The van der Waals surface area contributed by atoms with Gasteiger partial charge in [0.05, 0.1) is 12.6 Å². The quantitative estimate of drug-likeness (QED) is 0.788. The number of carbonyl (C=O) groups excluding carboxylic acids is 1. The molecule has 5 heteroatoms. The van der Waals surface area contributed by atoms with Crippen LogP contribution in [0.1, 0.15) is 24.1 Å². The molecule has 1 aromatic heterocycles. The Morgan fingerprint density at radius 3 is 2.78 bits per heavy atom. The van der Waals surface area contributed by atoms with Gasteiger partial charge in [-0.05, 0) is 44.6 Å². The number of benzene rings is 1. The Balaban J connectivity index is 1.85. The number of hydrogen-bond acceptors (Lipinski definition) is 4. The second-order valence-corrected chi connectivity index (χ2v) is 6.83. The van der Waals surface area contributed by atoms with E-state index in [9.17, 15) is 4.79 Å². The van der Waals surface area contributed by atoms with E-state index in [1.165, 1.54) is 23.8 Å². The van der Waals surface area contributed by atoms with Crippen molar-refractivity contribution in [3.63, 3.8) is 0 Å². The lowest BCUT2D eigenvalue weighted by molar-refractivity contribution is -0.144. The van der Waals surface area contributed by atoms with E-state index in [0.29, 0.717) is 6.42 Å². The molecule has 0 unspecified atom stereocenters. The highest BCUT2D eigenvalue weighted by Crippen LogP contribution is 2.41. The van der Waals surface area contributed by atoms with Gasteiger partial charge in [-0.25, -0.2) is 0 Å². The predicted molar refractivity (Wildman–Crippen MR) is 89.4 cm³/mol. The maximum atomic E-state index is 12.2. The topological polar surface area (TPSA) is 57.4 Å². The van der Waals surface area contributed by atoms with Crippen LogP contribution in [0.4, 0.5) is 0 Å². The van der Waals surface area contributed by atoms with Crippen molar-refractivity contribution in [1.82, 2.24) is 15.2 Å². The smallest absolute Gasteiger partial charge is 0.323 e. The molecule has 2 aliphatic rings. The van der Waals surface area contributed by atoms with Gasteiger partial charge in [-0.2, -0.15) is 0 Å². The van der Waals surface area contributed by atoms with Gasteiger partial charge in [0.15, 0.2) is 0 Å². The van der Waals surface area contributed by atoms with Crippen LogP contribution in [0.5, 0.6) is 0 Å². The molecule has 122 valence electrons. The van der Waals surface area contributed by atoms with Crippen molar-refractivity contribution in [3.8, 4) is 0 Å². The maximum Gasteiger partial charge on any atom is 0.323 e.